The van der Waals surface area contributed by atoms with Crippen LogP contribution in [0.15, 0.2) is 30.3 Å². The Morgan fingerprint density at radius 1 is 1.32 bits per heavy atom. The van der Waals surface area contributed by atoms with Crippen LogP contribution in [-0.2, 0) is 4.79 Å². The number of amides is 1. The molecule has 0 radical (unpaired) electrons. The summed E-state index contributed by atoms with van der Waals surface area (Å²) in [5.41, 5.74) is 7.19. The highest BCUT2D eigenvalue weighted by atomic mass is 35.5. The molecule has 0 saturated heterocycles. The highest BCUT2D eigenvalue weighted by Gasteiger charge is 2.32. The van der Waals surface area contributed by atoms with E-state index in [-0.39, 0.29) is 30.4 Å². The molecule has 3 atom stereocenters. The average Bonchev–Trinajstić information content (AvgIpc) is 2.94. The number of hydrogen-bond donors (Lipinski definition) is 1. The van der Waals surface area contributed by atoms with Gasteiger partial charge in [-0.25, -0.2) is 0 Å². The normalized spacial score (nSPS) is 22.0. The Kier molecular flexibility index (Phi) is 7.91. The van der Waals surface area contributed by atoms with E-state index in [0.29, 0.717) is 5.91 Å². The molecule has 1 aromatic rings. The molecule has 2 N–H and O–H groups in total. The molecule has 3 unspecified atom stereocenters. The summed E-state index contributed by atoms with van der Waals surface area (Å²) in [7, 11) is 0. The first-order valence-electron chi connectivity index (χ1n) is 8.24. The Hall–Kier alpha value is -1.06. The molecule has 22 heavy (non-hydrogen) atoms. The van der Waals surface area contributed by atoms with Crippen LogP contribution in [0, 0.1) is 5.92 Å². The molecule has 1 fully saturated rings. The summed E-state index contributed by atoms with van der Waals surface area (Å²) in [6.07, 6.45) is 4.95. The van der Waals surface area contributed by atoms with Gasteiger partial charge in [0.05, 0.1) is 6.04 Å². The Balaban J connectivity index is 0.00000242. The van der Waals surface area contributed by atoms with Crippen LogP contribution in [-0.4, -0.2) is 23.4 Å². The van der Waals surface area contributed by atoms with Gasteiger partial charge in [0.1, 0.15) is 0 Å². The summed E-state index contributed by atoms with van der Waals surface area (Å²) in [4.78, 5) is 15.0. The molecule has 1 saturated carbocycles. The second-order valence-electron chi connectivity index (χ2n) is 6.24. The first-order chi connectivity index (χ1) is 10.1. The van der Waals surface area contributed by atoms with Gasteiger partial charge in [0.25, 0.3) is 0 Å². The smallest absolute Gasteiger partial charge is 0.226 e. The van der Waals surface area contributed by atoms with Gasteiger partial charge >= 0.3 is 0 Å². The van der Waals surface area contributed by atoms with Crippen LogP contribution >= 0.6 is 12.4 Å². The Bertz CT molecular complexity index is 452. The third-order valence-electron chi connectivity index (χ3n) is 4.61. The molecule has 0 aromatic heterocycles. The van der Waals surface area contributed by atoms with Crippen LogP contribution in [0.3, 0.4) is 0 Å². The van der Waals surface area contributed by atoms with Gasteiger partial charge in [-0.15, -0.1) is 12.4 Å². The molecule has 0 aliphatic heterocycles. The molecular formula is C18H29ClN2O. The van der Waals surface area contributed by atoms with E-state index in [9.17, 15) is 4.79 Å². The molecule has 0 spiro atoms. The fourth-order valence-corrected chi connectivity index (χ4v) is 3.21. The number of halogens is 1. The van der Waals surface area contributed by atoms with Gasteiger partial charge in [-0.2, -0.15) is 0 Å². The molecule has 2 rings (SSSR count). The van der Waals surface area contributed by atoms with Gasteiger partial charge in [-0.1, -0.05) is 43.7 Å². The van der Waals surface area contributed by atoms with Crippen molar-refractivity contribution in [1.29, 1.82) is 0 Å². The highest BCUT2D eigenvalue weighted by Crippen LogP contribution is 2.30. The van der Waals surface area contributed by atoms with Crippen molar-refractivity contribution in [2.45, 2.75) is 58.0 Å². The quantitative estimate of drug-likeness (QED) is 0.862. The van der Waals surface area contributed by atoms with Crippen LogP contribution < -0.4 is 5.73 Å². The number of carbonyl (C=O) groups excluding carboxylic acids is 1. The van der Waals surface area contributed by atoms with E-state index in [2.05, 4.69) is 30.9 Å². The minimum atomic E-state index is 0. The van der Waals surface area contributed by atoms with Crippen LogP contribution in [0.1, 0.15) is 57.6 Å². The Labute approximate surface area is 140 Å². The fraction of sp³-hybridized carbons (Fsp3) is 0.611. The summed E-state index contributed by atoms with van der Waals surface area (Å²) in [6, 6.07) is 10.7. The summed E-state index contributed by atoms with van der Waals surface area (Å²) >= 11 is 0. The van der Waals surface area contributed by atoms with E-state index in [4.69, 9.17) is 5.73 Å². The first-order valence-corrected chi connectivity index (χ1v) is 8.24. The second-order valence-corrected chi connectivity index (χ2v) is 6.24. The molecular weight excluding hydrogens is 296 g/mol. The van der Waals surface area contributed by atoms with Crippen LogP contribution in [0.2, 0.25) is 0 Å². The number of carbonyl (C=O) groups is 1. The van der Waals surface area contributed by atoms with Crippen LogP contribution in [0.5, 0.6) is 0 Å². The maximum absolute atomic E-state index is 12.9. The second kappa shape index (κ2) is 9.16. The lowest BCUT2D eigenvalue weighted by Crippen LogP contribution is -2.38. The van der Waals surface area contributed by atoms with Gasteiger partial charge in [0.15, 0.2) is 0 Å². The standard InChI is InChI=1S/C18H28N2O.ClH/c1-3-4-12-20(14(2)15-8-6-5-7-9-15)18(21)16-10-11-17(19)13-16;/h5-9,14,16-17H,3-4,10-13,19H2,1-2H3;1H. The minimum absolute atomic E-state index is 0. The zero-order valence-corrected chi connectivity index (χ0v) is 14.5. The molecule has 124 valence electrons. The summed E-state index contributed by atoms with van der Waals surface area (Å²) in [5, 5.41) is 0. The van der Waals surface area contributed by atoms with Crippen LogP contribution in [0.25, 0.3) is 0 Å². The SMILES string of the molecule is CCCCN(C(=O)C1CCC(N)C1)C(C)c1ccccc1.Cl. The third kappa shape index (κ3) is 4.72. The van der Waals surface area contributed by atoms with Gasteiger partial charge < -0.3 is 10.6 Å². The number of rotatable bonds is 6. The van der Waals surface area contributed by atoms with E-state index in [1.54, 1.807) is 0 Å². The van der Waals surface area contributed by atoms with Crippen molar-refractivity contribution in [3.63, 3.8) is 0 Å². The van der Waals surface area contributed by atoms with Gasteiger partial charge in [-0.05, 0) is 38.2 Å². The number of unbranched alkanes of at least 4 members (excludes halogenated alkanes) is 1. The number of nitrogens with zero attached hydrogens (tertiary/aromatic N) is 1. The van der Waals surface area contributed by atoms with Gasteiger partial charge in [-0.3, -0.25) is 4.79 Å². The van der Waals surface area contributed by atoms with Crippen molar-refractivity contribution in [1.82, 2.24) is 4.90 Å². The monoisotopic (exact) mass is 324 g/mol. The van der Waals surface area contributed by atoms with Crippen LogP contribution in [0.4, 0.5) is 0 Å². The summed E-state index contributed by atoms with van der Waals surface area (Å²) in [6.45, 7) is 5.15. The van der Waals surface area contributed by atoms with Crippen molar-refractivity contribution in [3.05, 3.63) is 35.9 Å². The zero-order chi connectivity index (χ0) is 15.2. The maximum Gasteiger partial charge on any atom is 0.226 e. The Morgan fingerprint density at radius 3 is 2.55 bits per heavy atom. The number of nitrogens with two attached hydrogens (primary N) is 1. The predicted octanol–water partition coefficient (Wildman–Crippen LogP) is 3.93. The number of benzene rings is 1. The molecule has 0 heterocycles. The van der Waals surface area contributed by atoms with Crippen molar-refractivity contribution >= 4 is 18.3 Å². The van der Waals surface area contributed by atoms with Gasteiger partial charge in [0.2, 0.25) is 5.91 Å². The van der Waals surface area contributed by atoms with Crippen molar-refractivity contribution in [2.24, 2.45) is 11.7 Å². The van der Waals surface area contributed by atoms with Crippen molar-refractivity contribution < 1.29 is 4.79 Å². The first kappa shape index (κ1) is 19.0. The molecule has 3 nitrogen and oxygen atoms in total. The average molecular weight is 325 g/mol. The number of hydrogen-bond acceptors (Lipinski definition) is 2. The lowest BCUT2D eigenvalue weighted by atomic mass is 10.0. The summed E-state index contributed by atoms with van der Waals surface area (Å²) < 4.78 is 0. The zero-order valence-electron chi connectivity index (χ0n) is 13.7. The largest absolute Gasteiger partial charge is 0.336 e. The molecule has 4 heteroatoms. The van der Waals surface area contributed by atoms with E-state index in [1.807, 2.05) is 18.2 Å². The predicted molar refractivity (Wildman–Crippen MR) is 94.0 cm³/mol. The van der Waals surface area contributed by atoms with E-state index >= 15 is 0 Å². The lowest BCUT2D eigenvalue weighted by Gasteiger charge is -2.32. The lowest BCUT2D eigenvalue weighted by molar-refractivity contribution is -0.137. The third-order valence-corrected chi connectivity index (χ3v) is 4.61. The molecule has 1 aromatic carbocycles. The van der Waals surface area contributed by atoms with Crippen molar-refractivity contribution in [2.75, 3.05) is 6.54 Å². The minimum Gasteiger partial charge on any atom is -0.336 e. The molecule has 1 aliphatic carbocycles. The topological polar surface area (TPSA) is 46.3 Å². The highest BCUT2D eigenvalue weighted by molar-refractivity contribution is 5.85. The van der Waals surface area contributed by atoms with E-state index in [0.717, 1.165) is 38.6 Å². The van der Waals surface area contributed by atoms with Crippen molar-refractivity contribution in [3.8, 4) is 0 Å². The van der Waals surface area contributed by atoms with E-state index in [1.165, 1.54) is 5.56 Å². The van der Waals surface area contributed by atoms with Gasteiger partial charge in [0, 0.05) is 18.5 Å². The molecule has 0 bridgehead atoms. The molecule has 1 amide bonds. The fourth-order valence-electron chi connectivity index (χ4n) is 3.21. The maximum atomic E-state index is 12.9. The molecule has 1 aliphatic rings. The summed E-state index contributed by atoms with van der Waals surface area (Å²) in [5.74, 6) is 0.427. The van der Waals surface area contributed by atoms with E-state index < -0.39 is 0 Å². The Morgan fingerprint density at radius 2 is 2.00 bits per heavy atom.